The van der Waals surface area contributed by atoms with Gasteiger partial charge in [0.25, 0.3) is 0 Å². The smallest absolute Gasteiger partial charge is 0.243 e. The van der Waals surface area contributed by atoms with E-state index in [9.17, 15) is 19.5 Å². The van der Waals surface area contributed by atoms with Gasteiger partial charge < -0.3 is 26.0 Å². The maximum absolute atomic E-state index is 13.4. The molecule has 3 amide bonds. The number of hydrogen-bond donors (Lipinski definition) is 4. The fourth-order valence-corrected chi connectivity index (χ4v) is 4.82. The van der Waals surface area contributed by atoms with Gasteiger partial charge in [-0.05, 0) is 34.6 Å². The summed E-state index contributed by atoms with van der Waals surface area (Å²) in [5, 5.41) is 21.5. The van der Waals surface area contributed by atoms with Crippen LogP contribution >= 0.6 is 12.4 Å². The van der Waals surface area contributed by atoms with Crippen molar-refractivity contribution >= 4 is 40.9 Å². The standard InChI is InChI=1S/C31H46N4O4.ClH/c1-30(2,3)20-32-18-24(36)19-33-27(37)25(17-21-13-14-22-10-7-8-11-23(22)16-21)34-28(38)26-12-9-15-35(26)29(39)31(4,5)6;/h7-8,10-11,13-14,16,24-26,32,36H,9,12,15,17-20H2,1-6H3,(H,33,37)(H,34,38);1H/t24-,25+,26?;/m0./s1. The normalized spacial score (nSPS) is 17.2. The summed E-state index contributed by atoms with van der Waals surface area (Å²) in [6, 6.07) is 12.5. The molecule has 8 nitrogen and oxygen atoms in total. The zero-order chi connectivity index (χ0) is 28.8. The number of nitrogens with one attached hydrogen (secondary N) is 3. The Morgan fingerprint density at radius 2 is 1.68 bits per heavy atom. The zero-order valence-corrected chi connectivity index (χ0v) is 25.6. The molecular formula is C31H47ClN4O4. The zero-order valence-electron chi connectivity index (χ0n) is 24.8. The number of amides is 3. The lowest BCUT2D eigenvalue weighted by Crippen LogP contribution is -2.55. The van der Waals surface area contributed by atoms with E-state index in [0.29, 0.717) is 25.9 Å². The third kappa shape index (κ3) is 9.75. The quantitative estimate of drug-likeness (QED) is 0.347. The molecule has 2 aromatic carbocycles. The molecule has 222 valence electrons. The van der Waals surface area contributed by atoms with Crippen molar-refractivity contribution in [3.05, 3.63) is 48.0 Å². The number of nitrogens with zero attached hydrogens (tertiary/aromatic N) is 1. The minimum atomic E-state index is -0.847. The number of carbonyl (C=O) groups is 3. The van der Waals surface area contributed by atoms with Crippen LogP contribution in [-0.2, 0) is 20.8 Å². The van der Waals surface area contributed by atoms with Crippen LogP contribution in [0.4, 0.5) is 0 Å². The monoisotopic (exact) mass is 574 g/mol. The molecule has 0 aromatic heterocycles. The highest BCUT2D eigenvalue weighted by Crippen LogP contribution is 2.26. The van der Waals surface area contributed by atoms with E-state index in [-0.39, 0.29) is 42.1 Å². The molecule has 1 aliphatic rings. The maximum atomic E-state index is 13.4. The van der Waals surface area contributed by atoms with Crippen LogP contribution in [0.2, 0.25) is 0 Å². The Hall–Kier alpha value is -2.68. The van der Waals surface area contributed by atoms with Gasteiger partial charge in [-0.25, -0.2) is 0 Å². The molecule has 40 heavy (non-hydrogen) atoms. The predicted molar refractivity (Wildman–Crippen MR) is 162 cm³/mol. The number of carbonyl (C=O) groups excluding carboxylic acids is 3. The minimum Gasteiger partial charge on any atom is -0.390 e. The van der Waals surface area contributed by atoms with Crippen LogP contribution in [0.15, 0.2) is 42.5 Å². The van der Waals surface area contributed by atoms with E-state index < -0.39 is 23.6 Å². The van der Waals surface area contributed by atoms with E-state index in [1.165, 1.54) is 0 Å². The summed E-state index contributed by atoms with van der Waals surface area (Å²) in [5.74, 6) is -0.752. The van der Waals surface area contributed by atoms with Crippen molar-refractivity contribution in [3.8, 4) is 0 Å². The lowest BCUT2D eigenvalue weighted by atomic mass is 9.94. The van der Waals surface area contributed by atoms with Gasteiger partial charge in [-0.15, -0.1) is 12.4 Å². The Morgan fingerprint density at radius 3 is 2.33 bits per heavy atom. The molecule has 0 radical (unpaired) electrons. The second kappa shape index (κ2) is 14.3. The number of benzene rings is 2. The van der Waals surface area contributed by atoms with E-state index in [1.54, 1.807) is 4.90 Å². The van der Waals surface area contributed by atoms with Crippen molar-refractivity contribution in [2.45, 2.75) is 79.0 Å². The van der Waals surface area contributed by atoms with Crippen molar-refractivity contribution in [3.63, 3.8) is 0 Å². The van der Waals surface area contributed by atoms with Crippen LogP contribution < -0.4 is 16.0 Å². The third-order valence-corrected chi connectivity index (χ3v) is 6.89. The summed E-state index contributed by atoms with van der Waals surface area (Å²) >= 11 is 0. The molecular weight excluding hydrogens is 528 g/mol. The topological polar surface area (TPSA) is 111 Å². The van der Waals surface area contributed by atoms with Crippen molar-refractivity contribution in [1.82, 2.24) is 20.9 Å². The average molecular weight is 575 g/mol. The molecule has 0 spiro atoms. The SMILES string of the molecule is CC(C)(C)CNC[C@H](O)CNC(=O)[C@@H](Cc1ccc2ccccc2c1)NC(=O)C1CCCN1C(=O)C(C)(C)C.Cl. The Labute approximate surface area is 245 Å². The summed E-state index contributed by atoms with van der Waals surface area (Å²) in [5.41, 5.74) is 0.401. The number of aliphatic hydroxyl groups excluding tert-OH is 1. The first-order chi connectivity index (χ1) is 18.2. The van der Waals surface area contributed by atoms with E-state index in [1.807, 2.05) is 63.2 Å². The van der Waals surface area contributed by atoms with Crippen molar-refractivity contribution in [2.75, 3.05) is 26.2 Å². The molecule has 1 aliphatic heterocycles. The Morgan fingerprint density at radius 1 is 1.00 bits per heavy atom. The fraction of sp³-hybridized carbons (Fsp3) is 0.581. The molecule has 0 aliphatic carbocycles. The first-order valence-corrected chi connectivity index (χ1v) is 14.0. The number of likely N-dealkylation sites (tertiary alicyclic amines) is 1. The van der Waals surface area contributed by atoms with E-state index in [2.05, 4.69) is 36.7 Å². The Balaban J connectivity index is 0.00000560. The van der Waals surface area contributed by atoms with Gasteiger partial charge in [-0.2, -0.15) is 0 Å². The van der Waals surface area contributed by atoms with E-state index in [4.69, 9.17) is 0 Å². The van der Waals surface area contributed by atoms with Gasteiger partial charge in [0.05, 0.1) is 6.10 Å². The molecule has 1 unspecified atom stereocenters. The van der Waals surface area contributed by atoms with Gasteiger partial charge >= 0.3 is 0 Å². The van der Waals surface area contributed by atoms with Gasteiger partial charge in [0.15, 0.2) is 0 Å². The first kappa shape index (κ1) is 33.5. The average Bonchev–Trinajstić information content (AvgIpc) is 3.35. The highest BCUT2D eigenvalue weighted by atomic mass is 35.5. The number of halogens is 1. The van der Waals surface area contributed by atoms with Crippen molar-refractivity contribution in [1.29, 1.82) is 0 Å². The van der Waals surface area contributed by atoms with Gasteiger partial charge in [0.2, 0.25) is 17.7 Å². The van der Waals surface area contributed by atoms with Crippen LogP contribution in [0.5, 0.6) is 0 Å². The molecule has 0 bridgehead atoms. The summed E-state index contributed by atoms with van der Waals surface area (Å²) in [4.78, 5) is 41.4. The molecule has 1 fully saturated rings. The molecule has 1 heterocycles. The largest absolute Gasteiger partial charge is 0.390 e. The summed E-state index contributed by atoms with van der Waals surface area (Å²) in [7, 11) is 0. The maximum Gasteiger partial charge on any atom is 0.243 e. The molecule has 4 N–H and O–H groups in total. The van der Waals surface area contributed by atoms with Crippen LogP contribution in [-0.4, -0.2) is 72.1 Å². The number of rotatable bonds is 10. The molecule has 3 rings (SSSR count). The fourth-order valence-electron chi connectivity index (χ4n) is 4.82. The van der Waals surface area contributed by atoms with Gasteiger partial charge in [0, 0.05) is 38.0 Å². The van der Waals surface area contributed by atoms with E-state index in [0.717, 1.165) is 29.3 Å². The Kier molecular flexibility index (Phi) is 12.0. The van der Waals surface area contributed by atoms with E-state index >= 15 is 0 Å². The van der Waals surface area contributed by atoms with Crippen LogP contribution in [0.1, 0.15) is 59.9 Å². The summed E-state index contributed by atoms with van der Waals surface area (Å²) < 4.78 is 0. The minimum absolute atomic E-state index is 0. The lowest BCUT2D eigenvalue weighted by Gasteiger charge is -2.31. The first-order valence-electron chi connectivity index (χ1n) is 14.0. The second-order valence-corrected chi connectivity index (χ2v) is 12.9. The molecule has 3 atom stereocenters. The predicted octanol–water partition coefficient (Wildman–Crippen LogP) is 3.44. The second-order valence-electron chi connectivity index (χ2n) is 12.9. The van der Waals surface area contributed by atoms with Crippen LogP contribution in [0.3, 0.4) is 0 Å². The summed E-state index contributed by atoms with van der Waals surface area (Å²) in [6.45, 7) is 13.6. The third-order valence-electron chi connectivity index (χ3n) is 6.89. The number of hydrogen-bond acceptors (Lipinski definition) is 5. The number of aliphatic hydroxyl groups is 1. The molecule has 9 heteroatoms. The van der Waals surface area contributed by atoms with Gasteiger partial charge in [0.1, 0.15) is 12.1 Å². The highest BCUT2D eigenvalue weighted by Gasteiger charge is 2.39. The van der Waals surface area contributed by atoms with Crippen molar-refractivity contribution < 1.29 is 19.5 Å². The summed E-state index contributed by atoms with van der Waals surface area (Å²) in [6.07, 6.45) is 0.842. The lowest BCUT2D eigenvalue weighted by molar-refractivity contribution is -0.145. The highest BCUT2D eigenvalue weighted by molar-refractivity contribution is 5.93. The van der Waals surface area contributed by atoms with Crippen molar-refractivity contribution in [2.24, 2.45) is 10.8 Å². The van der Waals surface area contributed by atoms with Crippen LogP contribution in [0, 0.1) is 10.8 Å². The van der Waals surface area contributed by atoms with Gasteiger partial charge in [-0.3, -0.25) is 14.4 Å². The number of fused-ring (bicyclic) bond motifs is 1. The molecule has 1 saturated heterocycles. The molecule has 2 aromatic rings. The Bertz CT molecular complexity index is 1160. The van der Waals surface area contributed by atoms with Gasteiger partial charge in [-0.1, -0.05) is 84.0 Å². The van der Waals surface area contributed by atoms with Crippen LogP contribution in [0.25, 0.3) is 10.8 Å². The molecule has 0 saturated carbocycles.